The zero-order valence-electron chi connectivity index (χ0n) is 21.9. The van der Waals surface area contributed by atoms with E-state index in [9.17, 15) is 30.0 Å². The number of alkyl halides is 3. The number of rotatable bonds is 13. The smallest absolute Gasteiger partial charge is 0.339 e. The van der Waals surface area contributed by atoms with Crippen LogP contribution in [0.2, 0.25) is 5.02 Å². The maximum absolute atomic E-state index is 12.6. The number of aromatic nitrogens is 5. The number of nitrogens with one attached hydrogen (secondary N) is 3. The number of aryl methyl sites for hydroxylation is 1. The van der Waals surface area contributed by atoms with Crippen molar-refractivity contribution in [2.24, 2.45) is 0 Å². The molecule has 0 aliphatic rings. The van der Waals surface area contributed by atoms with Crippen LogP contribution in [0.5, 0.6) is 0 Å². The van der Waals surface area contributed by atoms with E-state index in [4.69, 9.17) is 11.6 Å². The van der Waals surface area contributed by atoms with Crippen LogP contribution in [0.25, 0.3) is 0 Å². The van der Waals surface area contributed by atoms with Crippen LogP contribution in [0.4, 0.5) is 30.4 Å². The largest absolute Gasteiger partial charge is 0.435 e. The van der Waals surface area contributed by atoms with E-state index in [2.05, 4.69) is 51.2 Å². The standard InChI is InChI=1S/C24H23BrClF3N8O4S2/c25-16-2-7-21(20(26)14-16)43(40,41)30-11-10-19-15-37(36-32-19)12-1-13-42(38,39)35-18-5-3-17(4-6-18)31-23-9-8-22(33-34-23)24(27,28)29/h2-9,14-15,30,35H,1,10-13H2,(H,31,34). The second-order valence-corrected chi connectivity index (χ2v) is 13.9. The van der Waals surface area contributed by atoms with Gasteiger partial charge in [0.1, 0.15) is 4.90 Å². The molecule has 4 aromatic rings. The Morgan fingerprint density at radius 1 is 0.930 bits per heavy atom. The zero-order valence-corrected chi connectivity index (χ0v) is 25.9. The first-order valence-electron chi connectivity index (χ1n) is 12.3. The minimum atomic E-state index is -4.59. The van der Waals surface area contributed by atoms with E-state index in [1.165, 1.54) is 41.1 Å². The molecule has 43 heavy (non-hydrogen) atoms. The summed E-state index contributed by atoms with van der Waals surface area (Å²) in [5.74, 6) is -0.124. The molecule has 12 nitrogen and oxygen atoms in total. The Morgan fingerprint density at radius 3 is 2.30 bits per heavy atom. The summed E-state index contributed by atoms with van der Waals surface area (Å²) in [7, 11) is -7.53. The molecular weight excluding hydrogens is 701 g/mol. The average molecular weight is 724 g/mol. The summed E-state index contributed by atoms with van der Waals surface area (Å²) in [6.45, 7) is 0.308. The van der Waals surface area contributed by atoms with Crippen LogP contribution in [-0.2, 0) is 39.2 Å². The summed E-state index contributed by atoms with van der Waals surface area (Å²) in [6.07, 6.45) is -2.51. The SMILES string of the molecule is O=S(=O)(CCCn1cc(CCNS(=O)(=O)c2ccc(Br)cc2Cl)nn1)Nc1ccc(Nc2ccc(C(F)(F)F)nn2)cc1. The van der Waals surface area contributed by atoms with Crippen molar-refractivity contribution in [3.63, 3.8) is 0 Å². The van der Waals surface area contributed by atoms with Crippen molar-refractivity contribution >= 4 is 64.8 Å². The van der Waals surface area contributed by atoms with Gasteiger partial charge >= 0.3 is 6.18 Å². The minimum Gasteiger partial charge on any atom is -0.339 e. The highest BCUT2D eigenvalue weighted by atomic mass is 79.9. The van der Waals surface area contributed by atoms with Crippen LogP contribution in [0, 0.1) is 0 Å². The predicted octanol–water partition coefficient (Wildman–Crippen LogP) is 4.60. The van der Waals surface area contributed by atoms with Gasteiger partial charge < -0.3 is 5.32 Å². The third-order valence-corrected chi connectivity index (χ3v) is 9.44. The van der Waals surface area contributed by atoms with E-state index < -0.39 is 31.9 Å². The molecule has 0 saturated heterocycles. The first kappa shape index (κ1) is 32.6. The summed E-state index contributed by atoms with van der Waals surface area (Å²) in [4.78, 5) is -0.0449. The van der Waals surface area contributed by atoms with Gasteiger partial charge in [-0.05, 0) is 61.0 Å². The third kappa shape index (κ3) is 9.59. The number of sulfonamides is 2. The normalized spacial score (nSPS) is 12.3. The molecule has 3 N–H and O–H groups in total. The van der Waals surface area contributed by atoms with Gasteiger partial charge in [0, 0.05) is 41.6 Å². The summed E-state index contributed by atoms with van der Waals surface area (Å²) < 4.78 is 94.9. The molecule has 2 aromatic heterocycles. The molecule has 0 radical (unpaired) electrons. The number of hydrogen-bond donors (Lipinski definition) is 3. The molecule has 0 atom stereocenters. The first-order chi connectivity index (χ1) is 20.2. The van der Waals surface area contributed by atoms with E-state index in [-0.39, 0.29) is 47.4 Å². The number of halogens is 5. The van der Waals surface area contributed by atoms with Gasteiger partial charge in [0.25, 0.3) is 0 Å². The van der Waals surface area contributed by atoms with Crippen molar-refractivity contribution < 1.29 is 30.0 Å². The lowest BCUT2D eigenvalue weighted by Gasteiger charge is -2.10. The van der Waals surface area contributed by atoms with Gasteiger partial charge in [-0.3, -0.25) is 9.40 Å². The van der Waals surface area contributed by atoms with Gasteiger partial charge in [0.05, 0.1) is 16.5 Å². The van der Waals surface area contributed by atoms with Crippen molar-refractivity contribution in [2.45, 2.75) is 30.5 Å². The summed E-state index contributed by atoms with van der Waals surface area (Å²) in [6, 6.07) is 12.4. The lowest BCUT2D eigenvalue weighted by atomic mass is 10.3. The molecule has 0 saturated carbocycles. The van der Waals surface area contributed by atoms with E-state index in [1.807, 2.05) is 0 Å². The molecule has 19 heteroatoms. The number of hydrogen-bond acceptors (Lipinski definition) is 9. The lowest BCUT2D eigenvalue weighted by Crippen LogP contribution is -2.26. The molecule has 0 aliphatic carbocycles. The lowest BCUT2D eigenvalue weighted by molar-refractivity contribution is -0.141. The average Bonchev–Trinajstić information content (AvgIpc) is 3.36. The summed E-state index contributed by atoms with van der Waals surface area (Å²) in [5.41, 5.74) is 0.154. The van der Waals surface area contributed by atoms with Crippen LogP contribution >= 0.6 is 27.5 Å². The Kier molecular flexibility index (Phi) is 10.3. The Hall–Kier alpha value is -3.32. The highest BCUT2D eigenvalue weighted by molar-refractivity contribution is 9.10. The van der Waals surface area contributed by atoms with Crippen LogP contribution in [0.15, 0.2) is 70.2 Å². The fraction of sp³-hybridized carbons (Fsp3) is 0.250. The molecule has 4 rings (SSSR count). The fourth-order valence-corrected chi connectivity index (χ4v) is 6.79. The molecular formula is C24H23BrClF3N8O4S2. The van der Waals surface area contributed by atoms with E-state index >= 15 is 0 Å². The molecule has 2 aromatic carbocycles. The molecule has 0 bridgehead atoms. The maximum Gasteiger partial charge on any atom is 0.435 e. The Morgan fingerprint density at radius 2 is 1.65 bits per heavy atom. The number of benzene rings is 2. The number of anilines is 3. The van der Waals surface area contributed by atoms with Crippen LogP contribution < -0.4 is 14.8 Å². The van der Waals surface area contributed by atoms with Crippen molar-refractivity contribution in [3.05, 3.63) is 81.7 Å². The van der Waals surface area contributed by atoms with Crippen molar-refractivity contribution in [2.75, 3.05) is 22.3 Å². The minimum absolute atomic E-state index is 0.0449. The second kappa shape index (κ2) is 13.5. The van der Waals surface area contributed by atoms with Gasteiger partial charge in [-0.15, -0.1) is 15.3 Å². The fourth-order valence-electron chi connectivity index (χ4n) is 3.61. The predicted molar refractivity (Wildman–Crippen MR) is 157 cm³/mol. The first-order valence-corrected chi connectivity index (χ1v) is 16.6. The maximum atomic E-state index is 12.6. The Labute approximate surface area is 258 Å². The van der Waals surface area contributed by atoms with Crippen molar-refractivity contribution in [1.29, 1.82) is 0 Å². The van der Waals surface area contributed by atoms with E-state index in [1.54, 1.807) is 12.3 Å². The molecule has 0 fully saturated rings. The Bertz CT molecular complexity index is 1770. The Balaban J connectivity index is 1.21. The van der Waals surface area contributed by atoms with Gasteiger partial charge in [-0.1, -0.05) is 32.7 Å². The molecule has 0 spiro atoms. The van der Waals surface area contributed by atoms with E-state index in [0.29, 0.717) is 21.5 Å². The quantitative estimate of drug-likeness (QED) is 0.179. The summed E-state index contributed by atoms with van der Waals surface area (Å²) in [5, 5.41) is 17.4. The molecule has 230 valence electrons. The van der Waals surface area contributed by atoms with Gasteiger partial charge in [-0.2, -0.15) is 13.2 Å². The summed E-state index contributed by atoms with van der Waals surface area (Å²) >= 11 is 9.26. The molecule has 2 heterocycles. The van der Waals surface area contributed by atoms with Gasteiger partial charge in [0.2, 0.25) is 20.0 Å². The van der Waals surface area contributed by atoms with Crippen LogP contribution in [0.3, 0.4) is 0 Å². The van der Waals surface area contributed by atoms with Crippen molar-refractivity contribution in [1.82, 2.24) is 29.9 Å². The van der Waals surface area contributed by atoms with E-state index in [0.717, 1.165) is 12.1 Å². The van der Waals surface area contributed by atoms with Crippen molar-refractivity contribution in [3.8, 4) is 0 Å². The van der Waals surface area contributed by atoms with Crippen LogP contribution in [-0.4, -0.2) is 54.3 Å². The van der Waals surface area contributed by atoms with Crippen LogP contribution in [0.1, 0.15) is 17.8 Å². The third-order valence-electron chi connectivity index (χ3n) is 5.63. The monoisotopic (exact) mass is 722 g/mol. The highest BCUT2D eigenvalue weighted by Gasteiger charge is 2.32. The van der Waals surface area contributed by atoms with Gasteiger partial charge in [-0.25, -0.2) is 21.6 Å². The second-order valence-electron chi connectivity index (χ2n) is 8.97. The molecule has 0 aliphatic heterocycles. The zero-order chi connectivity index (χ0) is 31.3. The molecule has 0 unspecified atom stereocenters. The molecule has 0 amide bonds. The van der Waals surface area contributed by atoms with Gasteiger partial charge in [0.15, 0.2) is 11.5 Å². The highest BCUT2D eigenvalue weighted by Crippen LogP contribution is 2.28. The number of nitrogens with zero attached hydrogens (tertiary/aromatic N) is 5. The topological polar surface area (TPSA) is 161 Å².